The summed E-state index contributed by atoms with van der Waals surface area (Å²) in [6.45, 7) is 0. The predicted octanol–water partition coefficient (Wildman–Crippen LogP) is 2.73. The van der Waals surface area contributed by atoms with Crippen molar-refractivity contribution >= 4 is 21.9 Å². The first-order valence-corrected chi connectivity index (χ1v) is 4.91. The minimum Gasteiger partial charge on any atom is -0.479 e. The van der Waals surface area contributed by atoms with Gasteiger partial charge >= 0.3 is 12.1 Å². The fraction of sp³-hybridized carbons (Fsp3) is 0.222. The van der Waals surface area contributed by atoms with Gasteiger partial charge in [-0.2, -0.15) is 13.2 Å². The number of aliphatic hydroxyl groups is 1. The van der Waals surface area contributed by atoms with Gasteiger partial charge in [0.1, 0.15) is 5.82 Å². The topological polar surface area (TPSA) is 57.5 Å². The highest BCUT2D eigenvalue weighted by Gasteiger charge is 2.36. The molecule has 0 saturated carbocycles. The summed E-state index contributed by atoms with van der Waals surface area (Å²) in [5.41, 5.74) is -2.02. The van der Waals surface area contributed by atoms with Gasteiger partial charge in [0.25, 0.3) is 0 Å². The molecule has 0 aliphatic carbocycles. The van der Waals surface area contributed by atoms with Crippen LogP contribution in [0.2, 0.25) is 0 Å². The smallest absolute Gasteiger partial charge is 0.419 e. The average Bonchev–Trinajstić information content (AvgIpc) is 2.19. The van der Waals surface area contributed by atoms with Crippen molar-refractivity contribution < 1.29 is 32.6 Å². The summed E-state index contributed by atoms with van der Waals surface area (Å²) >= 11 is 2.49. The maximum atomic E-state index is 13.3. The molecule has 1 unspecified atom stereocenters. The first-order valence-electron chi connectivity index (χ1n) is 4.12. The summed E-state index contributed by atoms with van der Waals surface area (Å²) in [5, 5.41) is 17.6. The molecule has 0 bridgehead atoms. The molecule has 2 N–H and O–H groups in total. The van der Waals surface area contributed by atoms with Gasteiger partial charge in [-0.3, -0.25) is 0 Å². The molecule has 1 rings (SSSR count). The van der Waals surface area contributed by atoms with E-state index in [-0.39, 0.29) is 0 Å². The third-order valence-corrected chi connectivity index (χ3v) is 2.75. The lowest BCUT2D eigenvalue weighted by atomic mass is 10.1. The molecular formula is C9H5BrF4O3. The van der Waals surface area contributed by atoms with Crippen molar-refractivity contribution in [2.24, 2.45) is 0 Å². The van der Waals surface area contributed by atoms with Crippen LogP contribution in [0.4, 0.5) is 17.6 Å². The van der Waals surface area contributed by atoms with Crippen LogP contribution in [0.25, 0.3) is 0 Å². The SMILES string of the molecule is O=C(O)C(O)c1ccc(C(F)(F)F)c(F)c1Br. The second-order valence-corrected chi connectivity index (χ2v) is 3.86. The summed E-state index contributed by atoms with van der Waals surface area (Å²) in [6, 6.07) is 1.08. The second-order valence-electron chi connectivity index (χ2n) is 3.07. The second kappa shape index (κ2) is 4.61. The van der Waals surface area contributed by atoms with Crippen LogP contribution >= 0.6 is 15.9 Å². The third kappa shape index (κ3) is 2.75. The summed E-state index contributed by atoms with van der Waals surface area (Å²) in [5.74, 6) is -3.35. The van der Waals surface area contributed by atoms with Crippen LogP contribution in [0, 0.1) is 5.82 Å². The minimum atomic E-state index is -4.89. The third-order valence-electron chi connectivity index (χ3n) is 1.95. The van der Waals surface area contributed by atoms with Crippen molar-refractivity contribution in [1.82, 2.24) is 0 Å². The van der Waals surface area contributed by atoms with E-state index in [0.717, 1.165) is 0 Å². The van der Waals surface area contributed by atoms with Crippen LogP contribution in [0.3, 0.4) is 0 Å². The van der Waals surface area contributed by atoms with Crippen molar-refractivity contribution in [3.05, 3.63) is 33.5 Å². The molecule has 17 heavy (non-hydrogen) atoms. The number of carboxylic acids is 1. The number of aliphatic carboxylic acids is 1. The molecule has 1 aromatic rings. The van der Waals surface area contributed by atoms with Gasteiger partial charge in [0, 0.05) is 5.56 Å². The van der Waals surface area contributed by atoms with Crippen molar-refractivity contribution in [2.45, 2.75) is 12.3 Å². The van der Waals surface area contributed by atoms with Gasteiger partial charge in [-0.1, -0.05) is 6.07 Å². The molecule has 1 aromatic carbocycles. The molecule has 0 fully saturated rings. The van der Waals surface area contributed by atoms with Gasteiger partial charge in [0.15, 0.2) is 6.10 Å². The fourth-order valence-corrected chi connectivity index (χ4v) is 1.69. The Morgan fingerprint density at radius 3 is 2.29 bits per heavy atom. The lowest BCUT2D eigenvalue weighted by Gasteiger charge is -2.13. The Morgan fingerprint density at radius 2 is 1.88 bits per heavy atom. The number of benzene rings is 1. The summed E-state index contributed by atoms with van der Waals surface area (Å²) in [7, 11) is 0. The number of hydrogen-bond donors (Lipinski definition) is 2. The maximum Gasteiger partial charge on any atom is 0.419 e. The highest BCUT2D eigenvalue weighted by atomic mass is 79.9. The summed E-state index contributed by atoms with van der Waals surface area (Å²) < 4.78 is 49.4. The number of aliphatic hydroxyl groups excluding tert-OH is 1. The first kappa shape index (κ1) is 13.9. The molecule has 0 aliphatic heterocycles. The van der Waals surface area contributed by atoms with Crippen LogP contribution in [0.1, 0.15) is 17.2 Å². The zero-order valence-corrected chi connectivity index (χ0v) is 9.51. The molecule has 1 atom stereocenters. The van der Waals surface area contributed by atoms with Gasteiger partial charge in [-0.25, -0.2) is 9.18 Å². The summed E-state index contributed by atoms with van der Waals surface area (Å²) in [4.78, 5) is 10.4. The number of alkyl halides is 3. The molecule has 94 valence electrons. The Labute approximate surface area is 101 Å². The van der Waals surface area contributed by atoms with Gasteiger partial charge < -0.3 is 10.2 Å². The van der Waals surface area contributed by atoms with E-state index < -0.39 is 39.7 Å². The quantitative estimate of drug-likeness (QED) is 0.825. The molecule has 3 nitrogen and oxygen atoms in total. The van der Waals surface area contributed by atoms with E-state index in [0.29, 0.717) is 12.1 Å². The lowest BCUT2D eigenvalue weighted by Crippen LogP contribution is -2.14. The predicted molar refractivity (Wildman–Crippen MR) is 51.7 cm³/mol. The first-order chi connectivity index (χ1) is 7.66. The Kier molecular flexibility index (Phi) is 3.78. The molecule has 0 spiro atoms. The molecule has 8 heteroatoms. The number of rotatable bonds is 2. The fourth-order valence-electron chi connectivity index (χ4n) is 1.13. The van der Waals surface area contributed by atoms with Crippen molar-refractivity contribution in [1.29, 1.82) is 0 Å². The monoisotopic (exact) mass is 316 g/mol. The molecule has 0 saturated heterocycles. The van der Waals surface area contributed by atoms with E-state index >= 15 is 0 Å². The van der Waals surface area contributed by atoms with Crippen LogP contribution in [-0.4, -0.2) is 16.2 Å². The molecule has 0 amide bonds. The van der Waals surface area contributed by atoms with E-state index in [4.69, 9.17) is 10.2 Å². The van der Waals surface area contributed by atoms with Gasteiger partial charge in [0.2, 0.25) is 0 Å². The van der Waals surface area contributed by atoms with Crippen molar-refractivity contribution in [3.8, 4) is 0 Å². The number of carbonyl (C=O) groups is 1. The molecular weight excluding hydrogens is 312 g/mol. The Hall–Kier alpha value is -1.15. The molecule has 0 aliphatic rings. The van der Waals surface area contributed by atoms with Gasteiger partial charge in [-0.05, 0) is 22.0 Å². The van der Waals surface area contributed by atoms with E-state index in [2.05, 4.69) is 15.9 Å². The Balaban J connectivity index is 3.34. The van der Waals surface area contributed by atoms with Crippen LogP contribution in [-0.2, 0) is 11.0 Å². The Bertz CT molecular complexity index is 458. The number of carboxylic acid groups (broad SMARTS) is 1. The van der Waals surface area contributed by atoms with E-state index in [1.54, 1.807) is 0 Å². The van der Waals surface area contributed by atoms with Crippen molar-refractivity contribution in [3.63, 3.8) is 0 Å². The zero-order valence-electron chi connectivity index (χ0n) is 7.92. The molecule has 0 aromatic heterocycles. The molecule has 0 heterocycles. The van der Waals surface area contributed by atoms with Crippen molar-refractivity contribution in [2.75, 3.05) is 0 Å². The lowest BCUT2D eigenvalue weighted by molar-refractivity contribution is -0.147. The zero-order chi connectivity index (χ0) is 13.4. The van der Waals surface area contributed by atoms with Crippen LogP contribution < -0.4 is 0 Å². The Morgan fingerprint density at radius 1 is 1.35 bits per heavy atom. The highest BCUT2D eigenvalue weighted by molar-refractivity contribution is 9.10. The normalized spacial score (nSPS) is 13.5. The summed E-state index contributed by atoms with van der Waals surface area (Å²) in [6.07, 6.45) is -6.99. The van der Waals surface area contributed by atoms with Gasteiger partial charge in [0.05, 0.1) is 10.0 Å². The standard InChI is InChI=1S/C9H5BrF4O3/c10-5-3(7(15)8(16)17)1-2-4(6(5)11)9(12,13)14/h1-2,7,15H,(H,16,17). The van der Waals surface area contributed by atoms with Crippen LogP contribution in [0.5, 0.6) is 0 Å². The molecule has 0 radical (unpaired) electrons. The maximum absolute atomic E-state index is 13.3. The van der Waals surface area contributed by atoms with Gasteiger partial charge in [-0.15, -0.1) is 0 Å². The minimum absolute atomic E-state index is 0.377. The van der Waals surface area contributed by atoms with E-state index in [1.807, 2.05) is 0 Å². The number of halogens is 5. The van der Waals surface area contributed by atoms with E-state index in [1.165, 1.54) is 0 Å². The highest BCUT2D eigenvalue weighted by Crippen LogP contribution is 2.37. The van der Waals surface area contributed by atoms with E-state index in [9.17, 15) is 22.4 Å². The largest absolute Gasteiger partial charge is 0.479 e. The van der Waals surface area contributed by atoms with Crippen LogP contribution in [0.15, 0.2) is 16.6 Å². The average molecular weight is 317 g/mol. The number of hydrogen-bond acceptors (Lipinski definition) is 2.